The third-order valence-electron chi connectivity index (χ3n) is 4.64. The van der Waals surface area contributed by atoms with E-state index < -0.39 is 12.0 Å². The monoisotopic (exact) mass is 351 g/mol. The molecule has 0 unspecified atom stereocenters. The number of fused-ring (bicyclic) bond motifs is 3. The minimum atomic E-state index is -0.517. The highest BCUT2D eigenvalue weighted by molar-refractivity contribution is 5.94. The van der Waals surface area contributed by atoms with E-state index in [1.165, 1.54) is 19.2 Å². The van der Waals surface area contributed by atoms with Crippen molar-refractivity contribution < 1.29 is 13.9 Å². The molecule has 0 fully saturated rings. The van der Waals surface area contributed by atoms with E-state index in [-0.39, 0.29) is 5.82 Å². The van der Waals surface area contributed by atoms with Crippen molar-refractivity contribution in [3.8, 4) is 0 Å². The molecule has 0 aliphatic carbocycles. The quantitative estimate of drug-likeness (QED) is 0.724. The number of nitrogens with zero attached hydrogens (tertiary/aromatic N) is 2. The SMILES string of the molecule is CCC1=C(C(=O)OC)[C@H](c2cccc(F)c2)n2c(nc3ccccc32)N1. The summed E-state index contributed by atoms with van der Waals surface area (Å²) in [7, 11) is 1.35. The second kappa shape index (κ2) is 6.29. The maximum Gasteiger partial charge on any atom is 0.338 e. The Labute approximate surface area is 150 Å². The van der Waals surface area contributed by atoms with Gasteiger partial charge in [0, 0.05) is 5.70 Å². The van der Waals surface area contributed by atoms with E-state index >= 15 is 0 Å². The average molecular weight is 351 g/mol. The first-order valence-corrected chi connectivity index (χ1v) is 8.44. The summed E-state index contributed by atoms with van der Waals surface area (Å²) in [6, 6.07) is 13.5. The van der Waals surface area contributed by atoms with Crippen LogP contribution in [0.15, 0.2) is 59.8 Å². The molecule has 0 bridgehead atoms. The Morgan fingerprint density at radius 3 is 2.81 bits per heavy atom. The highest BCUT2D eigenvalue weighted by Gasteiger charge is 2.35. The predicted molar refractivity (Wildman–Crippen MR) is 97.2 cm³/mol. The van der Waals surface area contributed by atoms with Crippen LogP contribution in [0.3, 0.4) is 0 Å². The molecule has 0 amide bonds. The molecule has 1 aromatic heterocycles. The molecule has 5 nitrogen and oxygen atoms in total. The summed E-state index contributed by atoms with van der Waals surface area (Å²) in [6.45, 7) is 1.95. The van der Waals surface area contributed by atoms with Crippen LogP contribution in [0.4, 0.5) is 10.3 Å². The molecule has 1 aliphatic rings. The van der Waals surface area contributed by atoms with Crippen LogP contribution in [0.2, 0.25) is 0 Å². The average Bonchev–Trinajstić information content (AvgIpc) is 3.04. The number of methoxy groups -OCH3 is 1. The number of aromatic nitrogens is 2. The number of allylic oxidation sites excluding steroid dienone is 1. The number of halogens is 1. The van der Waals surface area contributed by atoms with Crippen molar-refractivity contribution in [1.29, 1.82) is 0 Å². The fourth-order valence-corrected chi connectivity index (χ4v) is 3.51. The molecule has 6 heteroatoms. The molecule has 2 heterocycles. The van der Waals surface area contributed by atoms with Gasteiger partial charge in [-0.3, -0.25) is 4.57 Å². The standard InChI is InChI=1S/C20H18FN3O2/c1-3-14-17(19(25)26-2)18(12-7-6-8-13(21)11-12)24-16-10-5-4-9-15(16)23-20(24)22-14/h4-11,18H,3H2,1-2H3,(H,22,23)/t18-/m0/s1. The number of hydrogen-bond acceptors (Lipinski definition) is 4. The summed E-state index contributed by atoms with van der Waals surface area (Å²) >= 11 is 0. The van der Waals surface area contributed by atoms with Gasteiger partial charge in [0.15, 0.2) is 0 Å². The van der Waals surface area contributed by atoms with Crippen molar-refractivity contribution in [2.24, 2.45) is 0 Å². The third kappa shape index (κ3) is 2.45. The Balaban J connectivity index is 2.04. The summed E-state index contributed by atoms with van der Waals surface area (Å²) in [5.74, 6) is -0.161. The lowest BCUT2D eigenvalue weighted by Gasteiger charge is -2.30. The molecule has 2 aromatic carbocycles. The molecule has 4 rings (SSSR count). The molecule has 0 saturated heterocycles. The molecule has 3 aromatic rings. The fourth-order valence-electron chi connectivity index (χ4n) is 3.51. The Morgan fingerprint density at radius 1 is 1.27 bits per heavy atom. The van der Waals surface area contributed by atoms with E-state index in [9.17, 15) is 9.18 Å². The van der Waals surface area contributed by atoms with Crippen LogP contribution in [-0.2, 0) is 9.53 Å². The number of anilines is 1. The van der Waals surface area contributed by atoms with Crippen LogP contribution >= 0.6 is 0 Å². The largest absolute Gasteiger partial charge is 0.466 e. The summed E-state index contributed by atoms with van der Waals surface area (Å²) < 4.78 is 20.9. The summed E-state index contributed by atoms with van der Waals surface area (Å²) in [5, 5.41) is 3.25. The van der Waals surface area contributed by atoms with Gasteiger partial charge in [0.2, 0.25) is 5.95 Å². The highest BCUT2D eigenvalue weighted by atomic mass is 19.1. The van der Waals surface area contributed by atoms with Crippen molar-refractivity contribution in [2.75, 3.05) is 12.4 Å². The van der Waals surface area contributed by atoms with E-state index in [1.54, 1.807) is 6.07 Å². The van der Waals surface area contributed by atoms with Crippen molar-refractivity contribution in [3.05, 3.63) is 71.2 Å². The first-order chi connectivity index (χ1) is 12.6. The van der Waals surface area contributed by atoms with E-state index in [4.69, 9.17) is 4.74 Å². The van der Waals surface area contributed by atoms with Gasteiger partial charge in [-0.2, -0.15) is 0 Å². The second-order valence-electron chi connectivity index (χ2n) is 6.11. The van der Waals surface area contributed by atoms with Gasteiger partial charge in [0.25, 0.3) is 0 Å². The topological polar surface area (TPSA) is 56.2 Å². The van der Waals surface area contributed by atoms with Crippen LogP contribution in [0.5, 0.6) is 0 Å². The van der Waals surface area contributed by atoms with Gasteiger partial charge in [-0.1, -0.05) is 31.2 Å². The number of carbonyl (C=O) groups is 1. The van der Waals surface area contributed by atoms with Gasteiger partial charge < -0.3 is 10.1 Å². The maximum absolute atomic E-state index is 14.0. The number of esters is 1. The number of hydrogen-bond donors (Lipinski definition) is 1. The van der Waals surface area contributed by atoms with Crippen LogP contribution in [0.1, 0.15) is 24.9 Å². The van der Waals surface area contributed by atoms with Crippen LogP contribution in [0, 0.1) is 5.82 Å². The highest BCUT2D eigenvalue weighted by Crippen LogP contribution is 2.40. The van der Waals surface area contributed by atoms with E-state index in [0.29, 0.717) is 23.5 Å². The molecule has 0 spiro atoms. The van der Waals surface area contributed by atoms with Crippen molar-refractivity contribution in [1.82, 2.24) is 9.55 Å². The van der Waals surface area contributed by atoms with Crippen LogP contribution in [0.25, 0.3) is 11.0 Å². The number of imidazole rings is 1. The third-order valence-corrected chi connectivity index (χ3v) is 4.64. The lowest BCUT2D eigenvalue weighted by atomic mass is 9.94. The number of rotatable bonds is 3. The van der Waals surface area contributed by atoms with Crippen LogP contribution < -0.4 is 5.32 Å². The molecule has 132 valence electrons. The minimum Gasteiger partial charge on any atom is -0.466 e. The normalized spacial score (nSPS) is 16.3. The Kier molecular flexibility index (Phi) is 3.95. The van der Waals surface area contributed by atoms with Gasteiger partial charge in [0.1, 0.15) is 5.82 Å². The number of ether oxygens (including phenoxy) is 1. The Morgan fingerprint density at radius 2 is 2.08 bits per heavy atom. The number of carbonyl (C=O) groups excluding carboxylic acids is 1. The minimum absolute atomic E-state index is 0.353. The van der Waals surface area contributed by atoms with Gasteiger partial charge in [0.05, 0.1) is 29.8 Å². The van der Waals surface area contributed by atoms with Gasteiger partial charge in [-0.25, -0.2) is 14.2 Å². The smallest absolute Gasteiger partial charge is 0.338 e. The molecule has 1 aliphatic heterocycles. The molecule has 0 radical (unpaired) electrons. The zero-order valence-electron chi connectivity index (χ0n) is 14.5. The second-order valence-corrected chi connectivity index (χ2v) is 6.11. The maximum atomic E-state index is 14.0. The molecule has 1 atom stereocenters. The van der Waals surface area contributed by atoms with E-state index in [2.05, 4.69) is 10.3 Å². The molecular formula is C20H18FN3O2. The molecular weight excluding hydrogens is 333 g/mol. The fraction of sp³-hybridized carbons (Fsp3) is 0.200. The zero-order chi connectivity index (χ0) is 18.3. The van der Waals surface area contributed by atoms with Gasteiger partial charge >= 0.3 is 5.97 Å². The summed E-state index contributed by atoms with van der Waals surface area (Å²) in [6.07, 6.45) is 0.597. The lowest BCUT2D eigenvalue weighted by Crippen LogP contribution is -2.29. The zero-order valence-corrected chi connectivity index (χ0v) is 14.5. The van der Waals surface area contributed by atoms with Crippen molar-refractivity contribution in [2.45, 2.75) is 19.4 Å². The number of para-hydroxylation sites is 2. The number of nitrogens with one attached hydrogen (secondary N) is 1. The van der Waals surface area contributed by atoms with Crippen LogP contribution in [-0.4, -0.2) is 22.6 Å². The van der Waals surface area contributed by atoms with Gasteiger partial charge in [-0.15, -0.1) is 0 Å². The van der Waals surface area contributed by atoms with Crippen molar-refractivity contribution >= 4 is 23.0 Å². The van der Waals surface area contributed by atoms with Gasteiger partial charge in [-0.05, 0) is 36.2 Å². The van der Waals surface area contributed by atoms with Crippen molar-refractivity contribution in [3.63, 3.8) is 0 Å². The van der Waals surface area contributed by atoms with E-state index in [1.807, 2.05) is 41.8 Å². The number of benzene rings is 2. The lowest BCUT2D eigenvalue weighted by molar-refractivity contribution is -0.136. The molecule has 26 heavy (non-hydrogen) atoms. The molecule has 0 saturated carbocycles. The first kappa shape index (κ1) is 16.3. The van der Waals surface area contributed by atoms with E-state index in [0.717, 1.165) is 16.7 Å². The Bertz CT molecular complexity index is 1040. The summed E-state index contributed by atoms with van der Waals surface area (Å²) in [5.41, 5.74) is 3.53. The first-order valence-electron chi connectivity index (χ1n) is 8.44. The predicted octanol–water partition coefficient (Wildman–Crippen LogP) is 4.03. The molecule has 1 N–H and O–H groups in total. The summed E-state index contributed by atoms with van der Waals surface area (Å²) in [4.78, 5) is 17.3. The Hall–Kier alpha value is -3.15.